The van der Waals surface area contributed by atoms with Crippen LogP contribution in [0.1, 0.15) is 16.7 Å². The maximum atomic E-state index is 5.27. The largest absolute Gasteiger partial charge is 0.497 e. The monoisotopic (exact) mass is 325 g/mol. The molecular weight excluding hydrogens is 306 g/mol. The summed E-state index contributed by atoms with van der Waals surface area (Å²) in [6.07, 6.45) is 0. The topological polar surface area (TPSA) is 46.0 Å². The molecule has 118 valence electrons. The van der Waals surface area contributed by atoms with E-state index < -0.39 is 0 Å². The standard InChI is InChI=1S/C18H19N3OS/c1-12-6-4-7-13(2)17(12)19-18-21-20-16(11-23-18)14-8-5-9-15(10-14)22-3/h4-10H,11H2,1-3H3,(H,19,21). The van der Waals surface area contributed by atoms with Crippen LogP contribution in [0.5, 0.6) is 5.75 Å². The molecule has 0 fully saturated rings. The number of thioether (sulfide) groups is 1. The van der Waals surface area contributed by atoms with Gasteiger partial charge in [0.1, 0.15) is 5.75 Å². The van der Waals surface area contributed by atoms with Crippen LogP contribution >= 0.6 is 11.8 Å². The minimum atomic E-state index is 0.782. The molecule has 1 aliphatic rings. The van der Waals surface area contributed by atoms with Gasteiger partial charge in [-0.05, 0) is 37.1 Å². The molecule has 0 spiro atoms. The van der Waals surface area contributed by atoms with Crippen molar-refractivity contribution in [2.24, 2.45) is 10.1 Å². The van der Waals surface area contributed by atoms with Crippen molar-refractivity contribution in [2.45, 2.75) is 13.8 Å². The van der Waals surface area contributed by atoms with Crippen LogP contribution in [0.15, 0.2) is 52.6 Å². The fourth-order valence-corrected chi connectivity index (χ4v) is 3.18. The van der Waals surface area contributed by atoms with E-state index in [2.05, 4.69) is 42.6 Å². The van der Waals surface area contributed by atoms with E-state index in [1.807, 2.05) is 24.3 Å². The number of hydrogen-bond donors (Lipinski definition) is 1. The quantitative estimate of drug-likeness (QED) is 0.926. The number of benzene rings is 2. The summed E-state index contributed by atoms with van der Waals surface area (Å²) in [5.74, 6) is 1.62. The van der Waals surface area contributed by atoms with Gasteiger partial charge in [-0.25, -0.2) is 4.99 Å². The number of rotatable bonds is 3. The third kappa shape index (κ3) is 3.56. The van der Waals surface area contributed by atoms with Crippen LogP contribution in [-0.2, 0) is 0 Å². The maximum absolute atomic E-state index is 5.27. The first-order valence-corrected chi connectivity index (χ1v) is 8.40. The van der Waals surface area contributed by atoms with Crippen molar-refractivity contribution in [3.8, 4) is 5.75 Å². The zero-order chi connectivity index (χ0) is 16.2. The van der Waals surface area contributed by atoms with E-state index in [4.69, 9.17) is 9.73 Å². The number of methoxy groups -OCH3 is 1. The number of nitrogens with zero attached hydrogens (tertiary/aromatic N) is 2. The number of hydrazone groups is 1. The fourth-order valence-electron chi connectivity index (χ4n) is 2.41. The summed E-state index contributed by atoms with van der Waals surface area (Å²) >= 11 is 1.66. The first-order valence-electron chi connectivity index (χ1n) is 7.42. The molecule has 0 saturated carbocycles. The van der Waals surface area contributed by atoms with Crippen molar-refractivity contribution in [1.82, 2.24) is 5.43 Å². The van der Waals surface area contributed by atoms with Gasteiger partial charge >= 0.3 is 0 Å². The van der Waals surface area contributed by atoms with Crippen LogP contribution < -0.4 is 10.2 Å². The molecule has 4 nitrogen and oxygen atoms in total. The third-order valence-corrected chi connectivity index (χ3v) is 4.56. The summed E-state index contributed by atoms with van der Waals surface area (Å²) in [6, 6.07) is 14.1. The highest BCUT2D eigenvalue weighted by atomic mass is 32.2. The second kappa shape index (κ2) is 6.87. The van der Waals surface area contributed by atoms with Crippen LogP contribution in [0.4, 0.5) is 5.69 Å². The zero-order valence-electron chi connectivity index (χ0n) is 13.5. The summed E-state index contributed by atoms with van der Waals surface area (Å²) in [4.78, 5) is 4.72. The Morgan fingerprint density at radius 1 is 1.13 bits per heavy atom. The number of hydrogen-bond acceptors (Lipinski definition) is 4. The molecule has 0 aromatic heterocycles. The minimum absolute atomic E-state index is 0.782. The Morgan fingerprint density at radius 2 is 1.87 bits per heavy atom. The van der Waals surface area contributed by atoms with Crippen molar-refractivity contribution in [3.05, 3.63) is 59.2 Å². The lowest BCUT2D eigenvalue weighted by Crippen LogP contribution is -2.25. The molecule has 1 N–H and O–H groups in total. The lowest BCUT2D eigenvalue weighted by Gasteiger charge is -2.16. The van der Waals surface area contributed by atoms with Gasteiger partial charge in [-0.2, -0.15) is 5.10 Å². The van der Waals surface area contributed by atoms with Crippen molar-refractivity contribution in [3.63, 3.8) is 0 Å². The molecule has 0 saturated heterocycles. The molecule has 0 amide bonds. The molecule has 0 radical (unpaired) electrons. The summed E-state index contributed by atoms with van der Waals surface area (Å²) < 4.78 is 5.27. The van der Waals surface area contributed by atoms with Gasteiger partial charge in [-0.15, -0.1) is 0 Å². The van der Waals surface area contributed by atoms with Gasteiger partial charge in [0.25, 0.3) is 0 Å². The molecule has 3 rings (SSSR count). The second-order valence-corrected chi connectivity index (χ2v) is 6.31. The number of nitrogens with one attached hydrogen (secondary N) is 1. The van der Waals surface area contributed by atoms with E-state index in [-0.39, 0.29) is 0 Å². The van der Waals surface area contributed by atoms with Gasteiger partial charge in [0, 0.05) is 11.3 Å². The van der Waals surface area contributed by atoms with E-state index in [9.17, 15) is 0 Å². The van der Waals surface area contributed by atoms with Gasteiger partial charge in [0.15, 0.2) is 5.17 Å². The Kier molecular flexibility index (Phi) is 4.67. The molecule has 0 bridgehead atoms. The third-order valence-electron chi connectivity index (χ3n) is 3.69. The molecule has 2 aromatic rings. The highest BCUT2D eigenvalue weighted by Gasteiger charge is 2.14. The maximum Gasteiger partial charge on any atom is 0.182 e. The molecule has 0 unspecified atom stereocenters. The van der Waals surface area contributed by atoms with Gasteiger partial charge in [-0.1, -0.05) is 42.1 Å². The van der Waals surface area contributed by atoms with Gasteiger partial charge in [0.2, 0.25) is 0 Å². The Morgan fingerprint density at radius 3 is 2.52 bits per heavy atom. The van der Waals surface area contributed by atoms with E-state index in [0.29, 0.717) is 0 Å². The van der Waals surface area contributed by atoms with Crippen molar-refractivity contribution in [2.75, 3.05) is 12.9 Å². The van der Waals surface area contributed by atoms with Gasteiger partial charge in [0.05, 0.1) is 18.5 Å². The first-order chi connectivity index (χ1) is 11.2. The molecule has 0 aliphatic carbocycles. The molecule has 23 heavy (non-hydrogen) atoms. The summed E-state index contributed by atoms with van der Waals surface area (Å²) in [5.41, 5.74) is 8.48. The van der Waals surface area contributed by atoms with E-state index in [0.717, 1.165) is 33.6 Å². The predicted octanol–water partition coefficient (Wildman–Crippen LogP) is 4.04. The van der Waals surface area contributed by atoms with Crippen molar-refractivity contribution in [1.29, 1.82) is 0 Å². The Balaban J connectivity index is 1.81. The molecule has 1 aliphatic heterocycles. The fraction of sp³-hybridized carbons (Fsp3) is 0.222. The Labute approximate surface area is 140 Å². The van der Waals surface area contributed by atoms with Crippen LogP contribution in [0, 0.1) is 13.8 Å². The highest BCUT2D eigenvalue weighted by Crippen LogP contribution is 2.25. The Bertz CT molecular complexity index is 763. The van der Waals surface area contributed by atoms with Crippen molar-refractivity contribution >= 4 is 28.3 Å². The summed E-state index contributed by atoms with van der Waals surface area (Å²) in [5, 5.41) is 5.30. The SMILES string of the molecule is COc1cccc(C2=NNC(=Nc3c(C)cccc3C)SC2)c1. The van der Waals surface area contributed by atoms with Gasteiger partial charge in [-0.3, -0.25) is 5.43 Å². The predicted molar refractivity (Wildman–Crippen MR) is 98.1 cm³/mol. The lowest BCUT2D eigenvalue weighted by molar-refractivity contribution is 0.414. The number of amidine groups is 1. The number of aliphatic imine (C=N–C) groups is 1. The van der Waals surface area contributed by atoms with Gasteiger partial charge < -0.3 is 4.74 Å². The van der Waals surface area contributed by atoms with Crippen LogP contribution in [0.3, 0.4) is 0 Å². The Hall–Kier alpha value is -2.27. The molecule has 5 heteroatoms. The van der Waals surface area contributed by atoms with Crippen molar-refractivity contribution < 1.29 is 4.74 Å². The zero-order valence-corrected chi connectivity index (χ0v) is 14.3. The normalized spacial score (nSPS) is 16.0. The molecular formula is C18H19N3OS. The minimum Gasteiger partial charge on any atom is -0.497 e. The van der Waals surface area contributed by atoms with Crippen LogP contribution in [0.25, 0.3) is 0 Å². The molecule has 2 aromatic carbocycles. The number of aryl methyl sites for hydroxylation is 2. The lowest BCUT2D eigenvalue weighted by atomic mass is 10.1. The number of ether oxygens (including phenoxy) is 1. The average Bonchev–Trinajstić information content (AvgIpc) is 2.59. The van der Waals surface area contributed by atoms with E-state index in [1.165, 1.54) is 11.1 Å². The van der Waals surface area contributed by atoms with E-state index >= 15 is 0 Å². The molecule has 1 heterocycles. The smallest absolute Gasteiger partial charge is 0.182 e. The summed E-state index contributed by atoms with van der Waals surface area (Å²) in [6.45, 7) is 4.15. The van der Waals surface area contributed by atoms with Crippen LogP contribution in [0.2, 0.25) is 0 Å². The number of para-hydroxylation sites is 1. The second-order valence-electron chi connectivity index (χ2n) is 5.35. The van der Waals surface area contributed by atoms with E-state index in [1.54, 1.807) is 18.9 Å². The van der Waals surface area contributed by atoms with Crippen LogP contribution in [-0.4, -0.2) is 23.7 Å². The average molecular weight is 325 g/mol. The highest BCUT2D eigenvalue weighted by molar-refractivity contribution is 8.14. The first kappa shape index (κ1) is 15.6. The molecule has 0 atom stereocenters. The summed E-state index contributed by atoms with van der Waals surface area (Å²) in [7, 11) is 1.67.